The predicted molar refractivity (Wildman–Crippen MR) is 70.0 cm³/mol. The molecule has 1 aliphatic heterocycles. The van der Waals surface area contributed by atoms with Crippen molar-refractivity contribution >= 4 is 12.0 Å². The fourth-order valence-electron chi connectivity index (χ4n) is 2.12. The fraction of sp³-hybridized carbons (Fsp3) is 0.429. The Bertz CT molecular complexity index is 506. The summed E-state index contributed by atoms with van der Waals surface area (Å²) >= 11 is 0. The maximum absolute atomic E-state index is 12.0. The third-order valence-corrected chi connectivity index (χ3v) is 3.33. The highest BCUT2D eigenvalue weighted by molar-refractivity contribution is 5.91. The molecule has 3 atom stereocenters. The monoisotopic (exact) mass is 263 g/mol. The van der Waals surface area contributed by atoms with Crippen molar-refractivity contribution in [1.29, 1.82) is 0 Å². The molecular formula is C14H18N2O3. The van der Waals surface area contributed by atoms with Crippen LogP contribution in [-0.4, -0.2) is 35.1 Å². The third-order valence-electron chi connectivity index (χ3n) is 3.33. The van der Waals surface area contributed by atoms with Crippen LogP contribution in [0.2, 0.25) is 0 Å². The number of ether oxygens (including phenoxy) is 1. The van der Waals surface area contributed by atoms with Crippen molar-refractivity contribution in [3.63, 3.8) is 0 Å². The van der Waals surface area contributed by atoms with Crippen LogP contribution < -0.4 is 0 Å². The van der Waals surface area contributed by atoms with Gasteiger partial charge in [-0.05, 0) is 12.5 Å². The lowest BCUT2D eigenvalue weighted by Crippen LogP contribution is -2.58. The Morgan fingerprint density at radius 3 is 2.63 bits per heavy atom. The molecule has 1 unspecified atom stereocenters. The fourth-order valence-corrected chi connectivity index (χ4v) is 2.12. The second-order valence-electron chi connectivity index (χ2n) is 4.47. The van der Waals surface area contributed by atoms with Gasteiger partial charge in [0.1, 0.15) is 6.10 Å². The van der Waals surface area contributed by atoms with E-state index in [0.717, 1.165) is 10.6 Å². The van der Waals surface area contributed by atoms with E-state index in [1.165, 1.54) is 11.9 Å². The zero-order valence-electron chi connectivity index (χ0n) is 12.2. The van der Waals surface area contributed by atoms with E-state index in [1.54, 1.807) is 7.05 Å². The van der Waals surface area contributed by atoms with Gasteiger partial charge in [-0.2, -0.15) is 5.01 Å². The van der Waals surface area contributed by atoms with E-state index in [-0.39, 0.29) is 6.04 Å². The van der Waals surface area contributed by atoms with E-state index in [0.29, 0.717) is 0 Å². The second kappa shape index (κ2) is 5.40. The Balaban J connectivity index is 2.25. The van der Waals surface area contributed by atoms with E-state index in [4.69, 9.17) is 6.11 Å². The van der Waals surface area contributed by atoms with Crippen LogP contribution in [0.3, 0.4) is 0 Å². The molecule has 0 spiro atoms. The van der Waals surface area contributed by atoms with Crippen LogP contribution in [0.25, 0.3) is 0 Å². The molecule has 2 rings (SSSR count). The molecule has 0 saturated carbocycles. The summed E-state index contributed by atoms with van der Waals surface area (Å²) in [5, 5.41) is 2.44. The van der Waals surface area contributed by atoms with Crippen molar-refractivity contribution in [3.05, 3.63) is 35.9 Å². The summed E-state index contributed by atoms with van der Waals surface area (Å²) in [4.78, 5) is 23.9. The maximum Gasteiger partial charge on any atom is 0.432 e. The minimum atomic E-state index is -1.01. The Hall–Kier alpha value is -1.88. The Morgan fingerprint density at radius 1 is 1.42 bits per heavy atom. The Morgan fingerprint density at radius 2 is 2.05 bits per heavy atom. The largest absolute Gasteiger partial charge is 0.438 e. The van der Waals surface area contributed by atoms with Gasteiger partial charge in [-0.3, -0.25) is 4.79 Å². The molecule has 1 aliphatic rings. The number of cyclic esters (lactones) is 1. The smallest absolute Gasteiger partial charge is 0.432 e. The molecule has 1 heterocycles. The maximum atomic E-state index is 12.0. The van der Waals surface area contributed by atoms with Gasteiger partial charge in [0.25, 0.3) is 0 Å². The second-order valence-corrected chi connectivity index (χ2v) is 4.47. The van der Waals surface area contributed by atoms with Crippen LogP contribution in [0.5, 0.6) is 0 Å². The molecule has 1 aromatic carbocycles. The van der Waals surface area contributed by atoms with E-state index in [9.17, 15) is 9.59 Å². The van der Waals surface area contributed by atoms with Gasteiger partial charge in [0, 0.05) is 14.8 Å². The van der Waals surface area contributed by atoms with Crippen molar-refractivity contribution in [1.82, 2.24) is 10.0 Å². The first-order valence-electron chi connectivity index (χ1n) is 6.75. The van der Waals surface area contributed by atoms with Crippen molar-refractivity contribution < 1.29 is 15.7 Å². The van der Waals surface area contributed by atoms with Crippen LogP contribution >= 0.6 is 0 Å². The normalized spacial score (nSPS) is 26.6. The van der Waals surface area contributed by atoms with Gasteiger partial charge in [-0.15, -0.1) is 0 Å². The number of hydrogen-bond donors (Lipinski definition) is 0. The third kappa shape index (κ3) is 2.46. The lowest BCUT2D eigenvalue weighted by Gasteiger charge is -2.42. The molecule has 102 valence electrons. The number of likely N-dealkylation sites (N-methyl/N-ethyl adjacent to an activating group) is 1. The topological polar surface area (TPSA) is 49.9 Å². The summed E-state index contributed by atoms with van der Waals surface area (Å²) in [6.07, 6.45) is -2.17. The minimum Gasteiger partial charge on any atom is -0.438 e. The summed E-state index contributed by atoms with van der Waals surface area (Å²) in [7, 11) is 1.65. The van der Waals surface area contributed by atoms with E-state index in [1.807, 2.05) is 37.3 Å². The highest BCUT2D eigenvalue weighted by atomic mass is 16.6. The molecular weight excluding hydrogens is 244 g/mol. The summed E-state index contributed by atoms with van der Waals surface area (Å²) in [5.74, 6) is -0.587. The van der Waals surface area contributed by atoms with Crippen molar-refractivity contribution in [3.8, 4) is 0 Å². The summed E-state index contributed by atoms with van der Waals surface area (Å²) in [6, 6.07) is 9.20. The molecule has 0 aromatic heterocycles. The van der Waals surface area contributed by atoms with Gasteiger partial charge < -0.3 is 4.74 Å². The Labute approximate surface area is 114 Å². The van der Waals surface area contributed by atoms with E-state index >= 15 is 0 Å². The number of carbonyl (C=O) groups is 2. The molecule has 0 radical (unpaired) electrons. The molecule has 0 bridgehead atoms. The average Bonchev–Trinajstić information content (AvgIpc) is 2.43. The van der Waals surface area contributed by atoms with E-state index in [2.05, 4.69) is 0 Å². The standard InChI is InChI=1S/C14H18N2O3/c1-4-12(17)16-14(18)19-13(10(2)15(16)3)11-8-6-5-7-9-11/h5-10,13H,4H2,1-3H3/t10-,13-/m0/s1/i4D/t4?,10-,13-. The highest BCUT2D eigenvalue weighted by Crippen LogP contribution is 2.30. The SMILES string of the molecule is [2H]C(C)C(=O)N1C(=O)O[C@H](c2ccccc2)[C@H](C)N1C. The number of carbonyl (C=O) groups excluding carboxylic acids is 2. The molecule has 19 heavy (non-hydrogen) atoms. The number of rotatable bonds is 2. The first kappa shape index (κ1) is 12.2. The van der Waals surface area contributed by atoms with Gasteiger partial charge in [0.05, 0.1) is 6.04 Å². The highest BCUT2D eigenvalue weighted by Gasteiger charge is 2.40. The molecule has 0 N–H and O–H groups in total. The first-order chi connectivity index (χ1) is 9.43. The molecule has 1 fully saturated rings. The van der Waals surface area contributed by atoms with Gasteiger partial charge in [-0.25, -0.2) is 9.80 Å². The number of benzene rings is 1. The molecule has 5 heteroatoms. The van der Waals surface area contributed by atoms with Crippen LogP contribution in [-0.2, 0) is 9.53 Å². The average molecular weight is 263 g/mol. The summed E-state index contributed by atoms with van der Waals surface area (Å²) in [5.41, 5.74) is 0.881. The lowest BCUT2D eigenvalue weighted by atomic mass is 10.0. The quantitative estimate of drug-likeness (QED) is 0.822. The van der Waals surface area contributed by atoms with Gasteiger partial charge in [0.2, 0.25) is 5.91 Å². The number of amides is 2. The van der Waals surface area contributed by atoms with Gasteiger partial charge >= 0.3 is 6.09 Å². The molecule has 1 saturated heterocycles. The predicted octanol–water partition coefficient (Wildman–Crippen LogP) is 2.35. The summed E-state index contributed by atoms with van der Waals surface area (Å²) in [6.45, 7) is 3.30. The molecule has 0 aliphatic carbocycles. The van der Waals surface area contributed by atoms with Crippen molar-refractivity contribution in [2.75, 3.05) is 7.05 Å². The zero-order chi connectivity index (χ0) is 14.9. The molecule has 1 aromatic rings. The zero-order valence-corrected chi connectivity index (χ0v) is 11.2. The Kier molecular flexibility index (Phi) is 3.46. The van der Waals surface area contributed by atoms with Crippen molar-refractivity contribution in [2.45, 2.75) is 32.4 Å². The van der Waals surface area contributed by atoms with Crippen LogP contribution in [0.15, 0.2) is 30.3 Å². The first-order valence-corrected chi connectivity index (χ1v) is 6.18. The lowest BCUT2D eigenvalue weighted by molar-refractivity contribution is -0.162. The number of hydrazine groups is 1. The number of hydrogen-bond acceptors (Lipinski definition) is 4. The molecule has 2 amide bonds. The minimum absolute atomic E-state index is 0.196. The molecule has 5 nitrogen and oxygen atoms in total. The van der Waals surface area contributed by atoms with Crippen LogP contribution in [0.1, 0.15) is 33.3 Å². The summed E-state index contributed by atoms with van der Waals surface area (Å²) < 4.78 is 12.8. The van der Waals surface area contributed by atoms with Crippen molar-refractivity contribution in [2.24, 2.45) is 0 Å². The van der Waals surface area contributed by atoms with Gasteiger partial charge in [0.15, 0.2) is 0 Å². The number of imide groups is 1. The van der Waals surface area contributed by atoms with E-state index < -0.39 is 24.5 Å². The van der Waals surface area contributed by atoms with Gasteiger partial charge in [-0.1, -0.05) is 37.3 Å². The number of nitrogens with zero attached hydrogens (tertiary/aromatic N) is 2. The van der Waals surface area contributed by atoms with Crippen LogP contribution in [0.4, 0.5) is 4.79 Å². The van der Waals surface area contributed by atoms with Crippen LogP contribution in [0, 0.1) is 0 Å².